The van der Waals surface area contributed by atoms with Gasteiger partial charge in [-0.1, -0.05) is 5.21 Å². The van der Waals surface area contributed by atoms with Crippen LogP contribution >= 0.6 is 11.3 Å². The van der Waals surface area contributed by atoms with Crippen LogP contribution in [0.25, 0.3) is 0 Å². The van der Waals surface area contributed by atoms with Crippen molar-refractivity contribution in [3.05, 3.63) is 27.5 Å². The summed E-state index contributed by atoms with van der Waals surface area (Å²) in [6, 6.07) is 0.177. The monoisotopic (exact) mass is 321 g/mol. The molecule has 3 rings (SSSR count). The summed E-state index contributed by atoms with van der Waals surface area (Å²) in [4.78, 5) is 19.6. The van der Waals surface area contributed by atoms with Crippen molar-refractivity contribution >= 4 is 17.2 Å². The zero-order valence-electron chi connectivity index (χ0n) is 12.9. The molecule has 1 atom stereocenters. The van der Waals surface area contributed by atoms with Crippen molar-refractivity contribution in [2.24, 2.45) is 0 Å². The van der Waals surface area contributed by atoms with E-state index in [-0.39, 0.29) is 11.9 Å². The molecule has 22 heavy (non-hydrogen) atoms. The summed E-state index contributed by atoms with van der Waals surface area (Å²) in [5.41, 5.74) is 1.63. The van der Waals surface area contributed by atoms with Gasteiger partial charge in [0.2, 0.25) is 0 Å². The number of hydrogen-bond acceptors (Lipinski definition) is 6. The first-order chi connectivity index (χ1) is 10.6. The van der Waals surface area contributed by atoms with Gasteiger partial charge in [-0.3, -0.25) is 4.79 Å². The molecule has 1 aliphatic heterocycles. The molecule has 0 aromatic carbocycles. The van der Waals surface area contributed by atoms with Crippen molar-refractivity contribution in [1.82, 2.24) is 24.9 Å². The molecule has 0 N–H and O–H groups in total. The molecule has 2 aromatic heterocycles. The molecule has 0 aliphatic carbocycles. The van der Waals surface area contributed by atoms with Gasteiger partial charge in [0.1, 0.15) is 10.6 Å². The van der Waals surface area contributed by atoms with Gasteiger partial charge in [-0.05, 0) is 20.3 Å². The lowest BCUT2D eigenvalue weighted by atomic mass is 10.3. The lowest BCUT2D eigenvalue weighted by Crippen LogP contribution is -2.29. The fourth-order valence-corrected chi connectivity index (χ4v) is 3.61. The van der Waals surface area contributed by atoms with E-state index in [4.69, 9.17) is 4.74 Å². The van der Waals surface area contributed by atoms with Crippen LogP contribution in [0.4, 0.5) is 0 Å². The zero-order chi connectivity index (χ0) is 15.7. The highest BCUT2D eigenvalue weighted by Crippen LogP contribution is 2.25. The van der Waals surface area contributed by atoms with Gasteiger partial charge in [0.15, 0.2) is 0 Å². The number of ether oxygens (including phenoxy) is 1. The Hall–Kier alpha value is -1.80. The maximum Gasteiger partial charge on any atom is 0.265 e. The summed E-state index contributed by atoms with van der Waals surface area (Å²) in [7, 11) is 1.63. The highest BCUT2D eigenvalue weighted by Gasteiger charge is 2.30. The number of hydrogen-bond donors (Lipinski definition) is 0. The lowest BCUT2D eigenvalue weighted by molar-refractivity contribution is 0.0790. The Kier molecular flexibility index (Phi) is 4.21. The minimum Gasteiger partial charge on any atom is -0.378 e. The van der Waals surface area contributed by atoms with Crippen LogP contribution in [0.3, 0.4) is 0 Å². The molecule has 2 aromatic rings. The Labute approximate surface area is 132 Å². The average molecular weight is 321 g/mol. The Balaban J connectivity index is 1.69. The molecule has 0 radical (unpaired) electrons. The number of likely N-dealkylation sites (tertiary alicyclic amines) is 1. The number of carbonyl (C=O) groups is 1. The fourth-order valence-electron chi connectivity index (χ4n) is 2.72. The number of carbonyl (C=O) groups excluding carboxylic acids is 1. The number of rotatable bonds is 4. The van der Waals surface area contributed by atoms with E-state index in [1.807, 2.05) is 29.6 Å². The Morgan fingerprint density at radius 2 is 2.32 bits per heavy atom. The van der Waals surface area contributed by atoms with Crippen LogP contribution < -0.4 is 0 Å². The molecule has 0 spiro atoms. The van der Waals surface area contributed by atoms with Crippen LogP contribution in [-0.4, -0.2) is 51.0 Å². The smallest absolute Gasteiger partial charge is 0.265 e. The average Bonchev–Trinajstić information content (AvgIpc) is 3.18. The van der Waals surface area contributed by atoms with Crippen LogP contribution in [0.1, 0.15) is 38.5 Å². The van der Waals surface area contributed by atoms with Gasteiger partial charge in [-0.15, -0.1) is 16.4 Å². The van der Waals surface area contributed by atoms with Crippen LogP contribution in [-0.2, 0) is 11.3 Å². The molecule has 1 unspecified atom stereocenters. The molecule has 7 nitrogen and oxygen atoms in total. The number of thiazole rings is 1. The van der Waals surface area contributed by atoms with Crippen molar-refractivity contribution in [3.8, 4) is 0 Å². The third-order valence-corrected chi connectivity index (χ3v) is 4.83. The van der Waals surface area contributed by atoms with Crippen LogP contribution in [0.2, 0.25) is 0 Å². The molecule has 0 bridgehead atoms. The van der Waals surface area contributed by atoms with Crippen LogP contribution in [0.15, 0.2) is 6.20 Å². The normalized spacial score (nSPS) is 18.1. The Morgan fingerprint density at radius 3 is 3.00 bits per heavy atom. The van der Waals surface area contributed by atoms with Gasteiger partial charge in [-0.2, -0.15) is 0 Å². The summed E-state index contributed by atoms with van der Waals surface area (Å²) >= 11 is 1.46. The predicted molar refractivity (Wildman–Crippen MR) is 81.9 cm³/mol. The van der Waals surface area contributed by atoms with Crippen molar-refractivity contribution in [2.75, 3.05) is 20.2 Å². The third kappa shape index (κ3) is 2.89. The molecular formula is C14H19N5O2S. The first-order valence-electron chi connectivity index (χ1n) is 7.21. The van der Waals surface area contributed by atoms with Crippen LogP contribution in [0.5, 0.6) is 0 Å². The van der Waals surface area contributed by atoms with Crippen molar-refractivity contribution in [1.29, 1.82) is 0 Å². The number of aromatic nitrogens is 4. The number of methoxy groups -OCH3 is 1. The number of amides is 1. The molecule has 3 heterocycles. The van der Waals surface area contributed by atoms with E-state index in [0.29, 0.717) is 13.2 Å². The van der Waals surface area contributed by atoms with Crippen molar-refractivity contribution < 1.29 is 9.53 Å². The molecule has 1 amide bonds. The Bertz CT molecular complexity index is 681. The van der Waals surface area contributed by atoms with Gasteiger partial charge in [0, 0.05) is 20.2 Å². The highest BCUT2D eigenvalue weighted by atomic mass is 32.1. The van der Waals surface area contributed by atoms with Crippen molar-refractivity contribution in [2.45, 2.75) is 32.9 Å². The molecule has 1 saturated heterocycles. The second-order valence-electron chi connectivity index (χ2n) is 5.46. The number of aryl methyl sites for hydroxylation is 2. The van der Waals surface area contributed by atoms with Gasteiger partial charge in [-0.25, -0.2) is 9.67 Å². The molecule has 0 saturated carbocycles. The second-order valence-corrected chi connectivity index (χ2v) is 6.67. The summed E-state index contributed by atoms with van der Waals surface area (Å²) in [5.74, 6) is 0.0721. The van der Waals surface area contributed by atoms with E-state index >= 15 is 0 Å². The van der Waals surface area contributed by atoms with E-state index in [1.54, 1.807) is 7.11 Å². The van der Waals surface area contributed by atoms with Crippen molar-refractivity contribution in [3.63, 3.8) is 0 Å². The van der Waals surface area contributed by atoms with E-state index < -0.39 is 0 Å². The van der Waals surface area contributed by atoms with E-state index in [2.05, 4.69) is 15.3 Å². The van der Waals surface area contributed by atoms with Gasteiger partial charge in [0.05, 0.1) is 29.5 Å². The Morgan fingerprint density at radius 1 is 1.50 bits per heavy atom. The van der Waals surface area contributed by atoms with Gasteiger partial charge < -0.3 is 9.64 Å². The van der Waals surface area contributed by atoms with Crippen LogP contribution in [0, 0.1) is 13.8 Å². The predicted octanol–water partition coefficient (Wildman–Crippen LogP) is 1.59. The highest BCUT2D eigenvalue weighted by molar-refractivity contribution is 7.13. The summed E-state index contributed by atoms with van der Waals surface area (Å²) in [5, 5.41) is 9.14. The standard InChI is InChI=1S/C14H19N5O2S/c1-9-13(22-10(2)15-9)14(20)18-5-4-12(7-18)19-6-11(8-21-3)16-17-19/h6,12H,4-5,7-8H2,1-3H3. The topological polar surface area (TPSA) is 73.1 Å². The quantitative estimate of drug-likeness (QED) is 0.855. The largest absolute Gasteiger partial charge is 0.378 e. The molecule has 118 valence electrons. The molecule has 1 aliphatic rings. The first kappa shape index (κ1) is 15.1. The van der Waals surface area contributed by atoms with E-state index in [0.717, 1.165) is 34.2 Å². The minimum atomic E-state index is 0.0721. The van der Waals surface area contributed by atoms with E-state index in [1.165, 1.54) is 11.3 Å². The fraction of sp³-hybridized carbons (Fsp3) is 0.571. The van der Waals surface area contributed by atoms with Gasteiger partial charge >= 0.3 is 0 Å². The first-order valence-corrected chi connectivity index (χ1v) is 8.03. The van der Waals surface area contributed by atoms with Gasteiger partial charge in [0.25, 0.3) is 5.91 Å². The summed E-state index contributed by atoms with van der Waals surface area (Å²) < 4.78 is 6.89. The second kappa shape index (κ2) is 6.13. The summed E-state index contributed by atoms with van der Waals surface area (Å²) in [6.45, 7) is 5.66. The lowest BCUT2D eigenvalue weighted by Gasteiger charge is -2.15. The SMILES string of the molecule is COCc1cn(C2CCN(C(=O)c3sc(C)nc3C)C2)nn1. The zero-order valence-corrected chi connectivity index (χ0v) is 13.8. The molecule has 1 fully saturated rings. The van der Waals surface area contributed by atoms with E-state index in [9.17, 15) is 4.79 Å². The minimum absolute atomic E-state index is 0.0721. The maximum atomic E-state index is 12.6. The maximum absolute atomic E-state index is 12.6. The third-order valence-electron chi connectivity index (χ3n) is 3.77. The summed E-state index contributed by atoms with van der Waals surface area (Å²) in [6.07, 6.45) is 2.78. The molecular weight excluding hydrogens is 302 g/mol. The molecule has 8 heteroatoms. The number of nitrogens with zero attached hydrogens (tertiary/aromatic N) is 5.